The molecule has 0 aromatic heterocycles. The van der Waals surface area contributed by atoms with Crippen LogP contribution in [0.1, 0.15) is 0 Å². The Morgan fingerprint density at radius 2 is 0.778 bits per heavy atom. The first-order valence-electron chi connectivity index (χ1n) is 12.6. The first kappa shape index (κ1) is 33.5. The van der Waals surface area contributed by atoms with Gasteiger partial charge in [-0.1, -0.05) is 23.2 Å². The van der Waals surface area contributed by atoms with Gasteiger partial charge in [0.2, 0.25) is 20.3 Å². The number of carbonyl (C=O) groups is 2. The van der Waals surface area contributed by atoms with Crippen molar-refractivity contribution in [1.82, 2.24) is 0 Å². The van der Waals surface area contributed by atoms with Gasteiger partial charge in [-0.05, 0) is 120 Å². The fourth-order valence-corrected chi connectivity index (χ4v) is 5.17. The number of hydrogen-bond acceptors (Lipinski definition) is 6. The van der Waals surface area contributed by atoms with Crippen molar-refractivity contribution in [1.29, 1.82) is 0 Å². The number of ether oxygens (including phenoxy) is 2. The molecule has 4 N–H and O–H groups in total. The molecular weight excluding hydrogens is 686 g/mol. The lowest BCUT2D eigenvalue weighted by atomic mass is 10.3. The fourth-order valence-electron chi connectivity index (χ4n) is 3.64. The topological polar surface area (TPSA) is 135 Å². The van der Waals surface area contributed by atoms with Crippen molar-refractivity contribution in [3.8, 4) is 11.5 Å². The van der Waals surface area contributed by atoms with Gasteiger partial charge >= 0.3 is 12.1 Å². The molecule has 4 aromatic carbocycles. The molecule has 4 rings (SSSR count). The molecule has 0 heterocycles. The third kappa shape index (κ3) is 9.80. The summed E-state index contributed by atoms with van der Waals surface area (Å²) in [6.45, 7) is 0. The zero-order valence-corrected chi connectivity index (χ0v) is 26.6. The number of anilines is 4. The Hall–Kier alpha value is -4.39. The van der Waals surface area contributed by atoms with Crippen LogP contribution >= 0.6 is 46.4 Å². The Balaban J connectivity index is 1.30. The molecule has 0 radical (unpaired) electrons. The lowest BCUT2D eigenvalue weighted by Gasteiger charge is -2.11. The summed E-state index contributed by atoms with van der Waals surface area (Å²) >= 11 is 22.4. The van der Waals surface area contributed by atoms with Crippen LogP contribution in [0.3, 0.4) is 0 Å². The molecule has 15 heteroatoms. The van der Waals surface area contributed by atoms with Crippen LogP contribution in [0.5, 0.6) is 11.5 Å². The van der Waals surface area contributed by atoms with Crippen LogP contribution in [0.15, 0.2) is 128 Å². The van der Waals surface area contributed by atoms with Crippen molar-refractivity contribution in [3.05, 3.63) is 119 Å². The maximum atomic E-state index is 13.2. The second-order valence-electron chi connectivity index (χ2n) is 8.79. The predicted octanol–water partition coefficient (Wildman–Crippen LogP) is 9.12. The number of rotatable bonds is 10. The Bertz CT molecular complexity index is 1690. The van der Waals surface area contributed by atoms with E-state index < -0.39 is 21.9 Å². The second kappa shape index (κ2) is 15.6. The molecule has 0 saturated heterocycles. The van der Waals surface area contributed by atoms with Crippen molar-refractivity contribution >= 4 is 91.1 Å². The van der Waals surface area contributed by atoms with Gasteiger partial charge in [-0.2, -0.15) is 0 Å². The minimum atomic E-state index is -3.88. The molecule has 10 nitrogen and oxygen atoms in total. The van der Waals surface area contributed by atoms with Crippen LogP contribution in [-0.2, 0) is 9.84 Å². The summed E-state index contributed by atoms with van der Waals surface area (Å²) in [4.78, 5) is 24.8. The number of carbonyl (C=O) groups excluding carboxylic acids is 2. The van der Waals surface area contributed by atoms with Gasteiger partial charge in [0.15, 0.2) is 0 Å². The number of nitrogens with one attached hydrogen (secondary N) is 4. The largest absolute Gasteiger partial charge is 0.444 e. The Morgan fingerprint density at radius 3 is 1.04 bits per heavy atom. The van der Waals surface area contributed by atoms with Gasteiger partial charge in [0.25, 0.3) is 0 Å². The highest BCUT2D eigenvalue weighted by molar-refractivity contribution is 7.91. The highest BCUT2D eigenvalue weighted by atomic mass is 35.5. The lowest BCUT2D eigenvalue weighted by molar-refractivity contribution is 0.261. The SMILES string of the molecule is O=C(Nc1ccc(OC(Cl)=CCl)cc1)Nc1ccc(S(=O)(=O)c2ccc(NC(=O)Nc3ccc(OC(Cl)=CCl)cc3)cc2)cc1. The van der Waals surface area contributed by atoms with Gasteiger partial charge in [0.05, 0.1) is 20.9 Å². The highest BCUT2D eigenvalue weighted by Crippen LogP contribution is 2.25. The molecule has 4 amide bonds. The average molecular weight is 708 g/mol. The summed E-state index contributed by atoms with van der Waals surface area (Å²) in [5, 5.41) is 10.6. The van der Waals surface area contributed by atoms with E-state index in [1.165, 1.54) is 48.5 Å². The number of sulfone groups is 1. The molecule has 0 fully saturated rings. The van der Waals surface area contributed by atoms with Crippen LogP contribution < -0.4 is 30.7 Å². The Morgan fingerprint density at radius 1 is 0.511 bits per heavy atom. The molecule has 0 aliphatic heterocycles. The van der Waals surface area contributed by atoms with Crippen molar-refractivity contribution < 1.29 is 27.5 Å². The Labute approximate surface area is 278 Å². The zero-order chi connectivity index (χ0) is 32.4. The number of amides is 4. The quantitative estimate of drug-likeness (QED) is 0.121. The van der Waals surface area contributed by atoms with Crippen molar-refractivity contribution in [2.45, 2.75) is 9.79 Å². The van der Waals surface area contributed by atoms with Gasteiger partial charge < -0.3 is 30.7 Å². The van der Waals surface area contributed by atoms with Crippen LogP contribution in [0.2, 0.25) is 0 Å². The molecule has 45 heavy (non-hydrogen) atoms. The van der Waals surface area contributed by atoms with E-state index in [-0.39, 0.29) is 20.2 Å². The maximum Gasteiger partial charge on any atom is 0.323 e. The summed E-state index contributed by atoms with van der Waals surface area (Å²) in [7, 11) is -3.88. The second-order valence-corrected chi connectivity index (χ2v) is 11.9. The normalized spacial score (nSPS) is 11.7. The zero-order valence-electron chi connectivity index (χ0n) is 22.8. The summed E-state index contributed by atoms with van der Waals surface area (Å²) < 4.78 is 36.8. The minimum absolute atomic E-state index is 0.00569. The number of halogens is 4. The third-order valence-electron chi connectivity index (χ3n) is 5.67. The highest BCUT2D eigenvalue weighted by Gasteiger charge is 2.18. The lowest BCUT2D eigenvalue weighted by Crippen LogP contribution is -2.19. The molecule has 4 aromatic rings. The molecule has 0 atom stereocenters. The molecule has 0 unspecified atom stereocenters. The fraction of sp³-hybridized carbons (Fsp3) is 0. The van der Waals surface area contributed by atoms with Crippen LogP contribution in [0.25, 0.3) is 0 Å². The van der Waals surface area contributed by atoms with E-state index in [4.69, 9.17) is 55.9 Å². The summed E-state index contributed by atoms with van der Waals surface area (Å²) in [6.07, 6.45) is 0. The van der Waals surface area contributed by atoms with E-state index in [9.17, 15) is 18.0 Å². The summed E-state index contributed by atoms with van der Waals surface area (Å²) in [5.41, 5.74) is 3.85. The molecule has 0 saturated carbocycles. The third-order valence-corrected chi connectivity index (χ3v) is 8.45. The van der Waals surface area contributed by atoms with Gasteiger partial charge in [0.1, 0.15) is 11.5 Å². The average Bonchev–Trinajstić information content (AvgIpc) is 3.03. The first-order chi connectivity index (χ1) is 21.5. The van der Waals surface area contributed by atoms with Gasteiger partial charge in [-0.15, -0.1) is 0 Å². The monoisotopic (exact) mass is 706 g/mol. The van der Waals surface area contributed by atoms with Gasteiger partial charge in [-0.3, -0.25) is 0 Å². The first-order valence-corrected chi connectivity index (χ1v) is 15.8. The maximum absolute atomic E-state index is 13.2. The van der Waals surface area contributed by atoms with Crippen LogP contribution in [0.4, 0.5) is 32.3 Å². The van der Waals surface area contributed by atoms with Crippen LogP contribution in [-0.4, -0.2) is 20.5 Å². The van der Waals surface area contributed by atoms with E-state index >= 15 is 0 Å². The van der Waals surface area contributed by atoms with E-state index in [0.717, 1.165) is 11.1 Å². The summed E-state index contributed by atoms with van der Waals surface area (Å²) in [5.74, 6) is 0.849. The van der Waals surface area contributed by atoms with Crippen molar-refractivity contribution in [2.75, 3.05) is 21.3 Å². The molecule has 0 bridgehead atoms. The number of hydrogen-bond donors (Lipinski definition) is 4. The van der Waals surface area contributed by atoms with Gasteiger partial charge in [0, 0.05) is 22.7 Å². The molecule has 0 aliphatic carbocycles. The number of urea groups is 2. The van der Waals surface area contributed by atoms with E-state index in [0.29, 0.717) is 34.2 Å². The minimum Gasteiger partial charge on any atom is -0.444 e. The predicted molar refractivity (Wildman–Crippen MR) is 177 cm³/mol. The van der Waals surface area contributed by atoms with Crippen molar-refractivity contribution in [3.63, 3.8) is 0 Å². The molecule has 0 spiro atoms. The standard InChI is InChI=1S/C30H22Cl4N4O6S/c31-17-27(33)43-23-9-1-19(2-10-23)35-29(39)37-21-5-13-25(14-6-21)45(41,42)26-15-7-22(8-16-26)38-30(40)36-20-3-11-24(12-4-20)44-28(34)18-32/h1-18H,(H2,35,37,39)(H2,36,38,40). The number of benzene rings is 4. The van der Waals surface area contributed by atoms with Crippen molar-refractivity contribution in [2.24, 2.45) is 0 Å². The van der Waals surface area contributed by atoms with E-state index in [2.05, 4.69) is 21.3 Å². The van der Waals surface area contributed by atoms with Crippen LogP contribution in [0, 0.1) is 0 Å². The van der Waals surface area contributed by atoms with Gasteiger partial charge in [-0.25, -0.2) is 18.0 Å². The molecule has 232 valence electrons. The molecule has 0 aliphatic rings. The smallest absolute Gasteiger partial charge is 0.323 e. The Kier molecular flexibility index (Phi) is 11.6. The van der Waals surface area contributed by atoms with E-state index in [1.807, 2.05) is 0 Å². The summed E-state index contributed by atoms with van der Waals surface area (Å²) in [6, 6.07) is 23.0. The molecular formula is C30H22Cl4N4O6S. The van der Waals surface area contributed by atoms with E-state index in [1.54, 1.807) is 48.5 Å².